The lowest BCUT2D eigenvalue weighted by atomic mass is 10.1. The summed E-state index contributed by atoms with van der Waals surface area (Å²) in [6.07, 6.45) is 0. The van der Waals surface area contributed by atoms with Gasteiger partial charge in [0.05, 0.1) is 12.7 Å². The number of nitrogens with zero attached hydrogens (tertiary/aromatic N) is 3. The van der Waals surface area contributed by atoms with E-state index in [0.29, 0.717) is 22.3 Å². The summed E-state index contributed by atoms with van der Waals surface area (Å²) in [5, 5.41) is 10.8. The van der Waals surface area contributed by atoms with E-state index in [-0.39, 0.29) is 5.91 Å². The molecule has 6 nitrogen and oxygen atoms in total. The quantitative estimate of drug-likeness (QED) is 0.721. The van der Waals surface area contributed by atoms with Crippen molar-refractivity contribution in [1.29, 1.82) is 0 Å². The minimum Gasteiger partial charge on any atom is -0.496 e. The van der Waals surface area contributed by atoms with Crippen molar-refractivity contribution in [2.75, 3.05) is 18.3 Å². The Morgan fingerprint density at radius 1 is 1.25 bits per heavy atom. The number of aryl methyl sites for hydroxylation is 1. The zero-order chi connectivity index (χ0) is 17.1. The molecule has 3 aromatic rings. The molecule has 1 heterocycles. The monoisotopic (exact) mass is 342 g/mol. The van der Waals surface area contributed by atoms with E-state index in [1.165, 1.54) is 11.8 Å². The topological polar surface area (TPSA) is 69.0 Å². The van der Waals surface area contributed by atoms with E-state index < -0.39 is 0 Å². The van der Waals surface area contributed by atoms with Crippen molar-refractivity contribution in [2.24, 2.45) is 0 Å². The first-order valence-electron chi connectivity index (χ1n) is 7.57. The maximum Gasteiger partial charge on any atom is 0.274 e. The van der Waals surface area contributed by atoms with Crippen LogP contribution in [0.15, 0.2) is 41.6 Å². The number of hydrogen-bond acceptors (Lipinski definition) is 5. The second kappa shape index (κ2) is 6.92. The highest BCUT2D eigenvalue weighted by atomic mass is 32.2. The van der Waals surface area contributed by atoms with E-state index in [1.54, 1.807) is 18.7 Å². The smallest absolute Gasteiger partial charge is 0.274 e. The SMILES string of the molecule is CCSc1nnc(C)n1NC(=O)c1cc2ccccc2cc1OC. The molecule has 0 bridgehead atoms. The van der Waals surface area contributed by atoms with Crippen molar-refractivity contribution in [3.63, 3.8) is 0 Å². The number of aromatic nitrogens is 3. The summed E-state index contributed by atoms with van der Waals surface area (Å²) in [5.74, 6) is 1.73. The fourth-order valence-corrected chi connectivity index (χ4v) is 3.09. The summed E-state index contributed by atoms with van der Waals surface area (Å²) in [5.41, 5.74) is 3.32. The fraction of sp³-hybridized carbons (Fsp3) is 0.235. The lowest BCUT2D eigenvalue weighted by Gasteiger charge is -2.13. The number of thioether (sulfide) groups is 1. The number of nitrogens with one attached hydrogen (secondary N) is 1. The predicted octanol–water partition coefficient (Wildman–Crippen LogP) is 3.24. The number of benzene rings is 2. The number of amides is 1. The summed E-state index contributed by atoms with van der Waals surface area (Å²) < 4.78 is 7.00. The zero-order valence-electron chi connectivity index (χ0n) is 13.7. The van der Waals surface area contributed by atoms with Crippen LogP contribution >= 0.6 is 11.8 Å². The van der Waals surface area contributed by atoms with Crippen molar-refractivity contribution in [3.05, 3.63) is 47.8 Å². The molecular formula is C17H18N4O2S. The number of carbonyl (C=O) groups excluding carboxylic acids is 1. The zero-order valence-corrected chi connectivity index (χ0v) is 14.6. The number of methoxy groups -OCH3 is 1. The highest BCUT2D eigenvalue weighted by molar-refractivity contribution is 7.99. The molecule has 3 rings (SSSR count). The molecule has 124 valence electrons. The molecule has 0 spiro atoms. The molecule has 0 fully saturated rings. The Bertz CT molecular complexity index is 891. The normalized spacial score (nSPS) is 10.8. The van der Waals surface area contributed by atoms with Crippen LogP contribution in [-0.4, -0.2) is 33.6 Å². The number of ether oxygens (including phenoxy) is 1. The molecule has 0 atom stereocenters. The van der Waals surface area contributed by atoms with Gasteiger partial charge in [-0.1, -0.05) is 43.0 Å². The van der Waals surface area contributed by atoms with Gasteiger partial charge in [-0.15, -0.1) is 10.2 Å². The lowest BCUT2D eigenvalue weighted by molar-refractivity contribution is 0.100. The summed E-state index contributed by atoms with van der Waals surface area (Å²) in [6.45, 7) is 3.82. The van der Waals surface area contributed by atoms with E-state index in [2.05, 4.69) is 15.6 Å². The molecule has 24 heavy (non-hydrogen) atoms. The van der Waals surface area contributed by atoms with Gasteiger partial charge in [0.15, 0.2) is 0 Å². The maximum absolute atomic E-state index is 12.8. The second-order valence-corrected chi connectivity index (χ2v) is 6.37. The third-order valence-electron chi connectivity index (χ3n) is 3.59. The third kappa shape index (κ3) is 3.07. The molecule has 2 aromatic carbocycles. The maximum atomic E-state index is 12.8. The van der Waals surface area contributed by atoms with E-state index in [0.717, 1.165) is 16.5 Å². The largest absolute Gasteiger partial charge is 0.496 e. The second-order valence-electron chi connectivity index (χ2n) is 5.14. The predicted molar refractivity (Wildman–Crippen MR) is 95.3 cm³/mol. The molecule has 1 amide bonds. The molecular weight excluding hydrogens is 324 g/mol. The molecule has 1 N–H and O–H groups in total. The van der Waals surface area contributed by atoms with Crippen LogP contribution < -0.4 is 10.2 Å². The molecule has 1 aromatic heterocycles. The molecule has 0 unspecified atom stereocenters. The minimum atomic E-state index is -0.265. The Labute approximate surface area is 144 Å². The van der Waals surface area contributed by atoms with Crippen LogP contribution in [0, 0.1) is 6.92 Å². The third-order valence-corrected chi connectivity index (χ3v) is 4.41. The van der Waals surface area contributed by atoms with Gasteiger partial charge in [0.2, 0.25) is 5.16 Å². The van der Waals surface area contributed by atoms with Crippen molar-refractivity contribution in [2.45, 2.75) is 19.0 Å². The first-order chi connectivity index (χ1) is 11.6. The Hall–Kier alpha value is -2.54. The Morgan fingerprint density at radius 3 is 2.62 bits per heavy atom. The van der Waals surface area contributed by atoms with Crippen LogP contribution in [0.3, 0.4) is 0 Å². The average molecular weight is 342 g/mol. The van der Waals surface area contributed by atoms with Crippen LogP contribution in [0.1, 0.15) is 23.1 Å². The number of fused-ring (bicyclic) bond motifs is 1. The van der Waals surface area contributed by atoms with Crippen molar-refractivity contribution in [1.82, 2.24) is 14.9 Å². The van der Waals surface area contributed by atoms with Gasteiger partial charge in [-0.2, -0.15) is 0 Å². The molecule has 0 aliphatic carbocycles. The van der Waals surface area contributed by atoms with E-state index in [1.807, 2.05) is 43.3 Å². The first-order valence-corrected chi connectivity index (χ1v) is 8.55. The highest BCUT2D eigenvalue weighted by Crippen LogP contribution is 2.26. The Balaban J connectivity index is 1.98. The van der Waals surface area contributed by atoms with Gasteiger partial charge in [0, 0.05) is 0 Å². The van der Waals surface area contributed by atoms with Gasteiger partial charge in [-0.25, -0.2) is 4.68 Å². The summed E-state index contributed by atoms with van der Waals surface area (Å²) >= 11 is 1.52. The first kappa shape index (κ1) is 16.3. The number of hydrogen-bond donors (Lipinski definition) is 1. The van der Waals surface area contributed by atoms with Crippen LogP contribution in [0.5, 0.6) is 5.75 Å². The minimum absolute atomic E-state index is 0.265. The van der Waals surface area contributed by atoms with Crippen molar-refractivity contribution >= 4 is 28.4 Å². The summed E-state index contributed by atoms with van der Waals surface area (Å²) in [4.78, 5) is 12.8. The van der Waals surface area contributed by atoms with Gasteiger partial charge < -0.3 is 4.74 Å². The van der Waals surface area contributed by atoms with Crippen LogP contribution in [0.4, 0.5) is 0 Å². The standard InChI is InChI=1S/C17H18N4O2S/c1-4-24-17-19-18-11(2)21(17)20-16(22)14-9-12-7-5-6-8-13(12)10-15(14)23-3/h5-10H,4H2,1-3H3,(H,20,22). The van der Waals surface area contributed by atoms with Crippen LogP contribution in [0.2, 0.25) is 0 Å². The van der Waals surface area contributed by atoms with Crippen molar-refractivity contribution in [3.8, 4) is 5.75 Å². The Kier molecular flexibility index (Phi) is 4.71. The molecule has 0 saturated carbocycles. The number of rotatable bonds is 5. The Morgan fingerprint density at radius 2 is 1.96 bits per heavy atom. The van der Waals surface area contributed by atoms with Gasteiger partial charge in [0.1, 0.15) is 11.6 Å². The van der Waals surface area contributed by atoms with Gasteiger partial charge in [0.25, 0.3) is 5.91 Å². The van der Waals surface area contributed by atoms with Gasteiger partial charge in [-0.3, -0.25) is 10.2 Å². The molecule has 0 aliphatic heterocycles. The molecule has 0 saturated heterocycles. The van der Waals surface area contributed by atoms with Crippen LogP contribution in [0.25, 0.3) is 10.8 Å². The van der Waals surface area contributed by atoms with E-state index >= 15 is 0 Å². The average Bonchev–Trinajstić information content (AvgIpc) is 2.94. The lowest BCUT2D eigenvalue weighted by Crippen LogP contribution is -2.25. The van der Waals surface area contributed by atoms with E-state index in [4.69, 9.17) is 4.74 Å². The fourth-order valence-electron chi connectivity index (χ4n) is 2.42. The highest BCUT2D eigenvalue weighted by Gasteiger charge is 2.17. The summed E-state index contributed by atoms with van der Waals surface area (Å²) in [6, 6.07) is 11.5. The number of carbonyl (C=O) groups is 1. The van der Waals surface area contributed by atoms with Crippen molar-refractivity contribution < 1.29 is 9.53 Å². The summed E-state index contributed by atoms with van der Waals surface area (Å²) in [7, 11) is 1.56. The molecule has 0 aliphatic rings. The van der Waals surface area contributed by atoms with Gasteiger partial charge >= 0.3 is 0 Å². The van der Waals surface area contributed by atoms with Gasteiger partial charge in [-0.05, 0) is 35.6 Å². The molecule has 7 heteroatoms. The molecule has 0 radical (unpaired) electrons. The van der Waals surface area contributed by atoms with Crippen LogP contribution in [-0.2, 0) is 0 Å². The van der Waals surface area contributed by atoms with E-state index in [9.17, 15) is 4.79 Å².